The van der Waals surface area contributed by atoms with E-state index < -0.39 is 11.4 Å². The van der Waals surface area contributed by atoms with Crippen LogP contribution in [-0.4, -0.2) is 60.0 Å². The highest BCUT2D eigenvalue weighted by Gasteiger charge is 2.44. The molecule has 18 heavy (non-hydrogen) atoms. The minimum Gasteiger partial charge on any atom is -0.480 e. The first-order valence-corrected chi connectivity index (χ1v) is 6.30. The van der Waals surface area contributed by atoms with Gasteiger partial charge in [0.2, 0.25) is 5.91 Å². The lowest BCUT2D eigenvalue weighted by molar-refractivity contribution is -0.158. The van der Waals surface area contributed by atoms with Crippen molar-refractivity contribution in [2.24, 2.45) is 5.41 Å². The van der Waals surface area contributed by atoms with Crippen LogP contribution < -0.4 is 0 Å². The molecule has 0 aromatic carbocycles. The van der Waals surface area contributed by atoms with Crippen LogP contribution in [0.25, 0.3) is 0 Å². The van der Waals surface area contributed by atoms with Crippen LogP contribution in [0.15, 0.2) is 0 Å². The molecule has 0 aromatic rings. The molecule has 1 aliphatic rings. The third kappa shape index (κ3) is 2.51. The second kappa shape index (κ2) is 4.88. The number of carbonyl (C=O) groups is 2. The lowest BCUT2D eigenvalue weighted by Gasteiger charge is -2.49. The van der Waals surface area contributed by atoms with E-state index in [0.717, 1.165) is 12.8 Å². The van der Waals surface area contributed by atoms with E-state index in [9.17, 15) is 9.59 Å². The third-order valence-electron chi connectivity index (χ3n) is 4.18. The van der Waals surface area contributed by atoms with Crippen molar-refractivity contribution in [1.29, 1.82) is 0 Å². The summed E-state index contributed by atoms with van der Waals surface area (Å²) in [4.78, 5) is 27.0. The summed E-state index contributed by atoms with van der Waals surface area (Å²) in [6.45, 7) is 3.50. The second-order valence-corrected chi connectivity index (χ2v) is 6.06. The number of amides is 1. The van der Waals surface area contributed by atoms with Gasteiger partial charge in [0.15, 0.2) is 0 Å². The molecule has 0 atom stereocenters. The van der Waals surface area contributed by atoms with Gasteiger partial charge >= 0.3 is 5.97 Å². The smallest absolute Gasteiger partial charge is 0.318 e. The van der Waals surface area contributed by atoms with Crippen molar-refractivity contribution in [2.45, 2.75) is 38.6 Å². The zero-order chi connectivity index (χ0) is 14.1. The molecule has 1 rings (SSSR count). The Morgan fingerprint density at radius 2 is 1.72 bits per heavy atom. The first kappa shape index (κ1) is 15.0. The minimum absolute atomic E-state index is 0.0268. The Morgan fingerprint density at radius 3 is 2.00 bits per heavy atom. The maximum Gasteiger partial charge on any atom is 0.318 e. The lowest BCUT2D eigenvalue weighted by atomic mass is 9.75. The largest absolute Gasteiger partial charge is 0.480 e. The van der Waals surface area contributed by atoms with Gasteiger partial charge in [-0.2, -0.15) is 0 Å². The number of nitrogens with zero attached hydrogens (tertiary/aromatic N) is 2. The molecule has 0 aromatic heterocycles. The number of rotatable bonds is 5. The predicted octanol–water partition coefficient (Wildman–Crippen LogP) is 1.04. The summed E-state index contributed by atoms with van der Waals surface area (Å²) in [7, 11) is 5.72. The van der Waals surface area contributed by atoms with Crippen molar-refractivity contribution in [1.82, 2.24) is 9.80 Å². The SMILES string of the molecule is CN(CC1(N(C)C)CCC1)C(=O)C(C)(C)C(=O)O. The molecule has 1 amide bonds. The van der Waals surface area contributed by atoms with Crippen molar-refractivity contribution in [3.63, 3.8) is 0 Å². The van der Waals surface area contributed by atoms with Gasteiger partial charge in [-0.25, -0.2) is 0 Å². The van der Waals surface area contributed by atoms with Crippen LogP contribution in [0.5, 0.6) is 0 Å². The number of hydrogen-bond donors (Lipinski definition) is 1. The third-order valence-corrected chi connectivity index (χ3v) is 4.18. The fourth-order valence-electron chi connectivity index (χ4n) is 2.41. The van der Waals surface area contributed by atoms with Crippen molar-refractivity contribution < 1.29 is 14.7 Å². The van der Waals surface area contributed by atoms with Crippen LogP contribution in [0.4, 0.5) is 0 Å². The van der Waals surface area contributed by atoms with Crippen LogP contribution in [-0.2, 0) is 9.59 Å². The van der Waals surface area contributed by atoms with E-state index in [4.69, 9.17) is 5.11 Å². The monoisotopic (exact) mass is 256 g/mol. The van der Waals surface area contributed by atoms with Crippen LogP contribution in [0.1, 0.15) is 33.1 Å². The highest BCUT2D eigenvalue weighted by molar-refractivity contribution is 6.00. The number of carboxylic acids is 1. The lowest BCUT2D eigenvalue weighted by Crippen LogP contribution is -2.59. The zero-order valence-electron chi connectivity index (χ0n) is 12.0. The highest BCUT2D eigenvalue weighted by Crippen LogP contribution is 2.37. The molecule has 0 bridgehead atoms. The van der Waals surface area contributed by atoms with E-state index in [1.807, 2.05) is 14.1 Å². The second-order valence-electron chi connectivity index (χ2n) is 6.06. The molecular formula is C13H24N2O3. The Kier molecular flexibility index (Phi) is 4.05. The van der Waals surface area contributed by atoms with Crippen molar-refractivity contribution in [2.75, 3.05) is 27.7 Å². The summed E-state index contributed by atoms with van der Waals surface area (Å²) >= 11 is 0. The average molecular weight is 256 g/mol. The molecule has 1 aliphatic carbocycles. The maximum atomic E-state index is 12.2. The number of carboxylic acid groups (broad SMARTS) is 1. The Hall–Kier alpha value is -1.10. The Morgan fingerprint density at radius 1 is 1.22 bits per heavy atom. The molecule has 0 aliphatic heterocycles. The maximum absolute atomic E-state index is 12.2. The fourth-order valence-corrected chi connectivity index (χ4v) is 2.41. The number of hydrogen-bond acceptors (Lipinski definition) is 3. The van der Waals surface area contributed by atoms with Crippen LogP contribution in [0, 0.1) is 5.41 Å². The molecule has 0 radical (unpaired) electrons. The van der Waals surface area contributed by atoms with Gasteiger partial charge in [0.05, 0.1) is 0 Å². The molecule has 0 saturated heterocycles. The average Bonchev–Trinajstić information content (AvgIpc) is 2.20. The highest BCUT2D eigenvalue weighted by atomic mass is 16.4. The van der Waals surface area contributed by atoms with E-state index in [1.165, 1.54) is 20.3 Å². The van der Waals surface area contributed by atoms with Crippen molar-refractivity contribution >= 4 is 11.9 Å². The molecule has 0 spiro atoms. The quantitative estimate of drug-likeness (QED) is 0.747. The summed E-state index contributed by atoms with van der Waals surface area (Å²) in [6, 6.07) is 0. The molecule has 1 saturated carbocycles. The summed E-state index contributed by atoms with van der Waals surface area (Å²) in [5.41, 5.74) is -1.33. The van der Waals surface area contributed by atoms with Gasteiger partial charge in [0, 0.05) is 19.1 Å². The van der Waals surface area contributed by atoms with Gasteiger partial charge in [-0.15, -0.1) is 0 Å². The number of aliphatic carboxylic acids is 1. The summed E-state index contributed by atoms with van der Waals surface area (Å²) in [6.07, 6.45) is 3.29. The zero-order valence-corrected chi connectivity index (χ0v) is 12.0. The minimum atomic E-state index is -1.36. The molecule has 1 N–H and O–H groups in total. The first-order valence-electron chi connectivity index (χ1n) is 6.30. The number of carbonyl (C=O) groups excluding carboxylic acids is 1. The first-order chi connectivity index (χ1) is 8.13. The Labute approximate surface area is 109 Å². The fraction of sp³-hybridized carbons (Fsp3) is 0.846. The number of likely N-dealkylation sites (N-methyl/N-ethyl adjacent to an activating group) is 2. The summed E-state index contributed by atoms with van der Waals surface area (Å²) in [5.74, 6) is -1.41. The molecule has 1 fully saturated rings. The van der Waals surface area contributed by atoms with Gasteiger partial charge in [-0.3, -0.25) is 9.59 Å². The molecule has 5 heteroatoms. The van der Waals surface area contributed by atoms with Gasteiger partial charge in [-0.1, -0.05) is 0 Å². The van der Waals surface area contributed by atoms with E-state index in [-0.39, 0.29) is 11.4 Å². The van der Waals surface area contributed by atoms with Crippen LogP contribution >= 0.6 is 0 Å². The van der Waals surface area contributed by atoms with E-state index in [2.05, 4.69) is 4.90 Å². The Balaban J connectivity index is 2.74. The van der Waals surface area contributed by atoms with Crippen LogP contribution in [0.2, 0.25) is 0 Å². The normalized spacial score (nSPS) is 18.3. The summed E-state index contributed by atoms with van der Waals surface area (Å²) < 4.78 is 0. The van der Waals surface area contributed by atoms with E-state index in [1.54, 1.807) is 11.9 Å². The topological polar surface area (TPSA) is 60.9 Å². The molecule has 5 nitrogen and oxygen atoms in total. The van der Waals surface area contributed by atoms with Crippen LogP contribution in [0.3, 0.4) is 0 Å². The van der Waals surface area contributed by atoms with Gasteiger partial charge in [-0.05, 0) is 47.2 Å². The van der Waals surface area contributed by atoms with Crippen molar-refractivity contribution in [3.8, 4) is 0 Å². The molecular weight excluding hydrogens is 232 g/mol. The molecule has 0 heterocycles. The van der Waals surface area contributed by atoms with E-state index in [0.29, 0.717) is 6.54 Å². The van der Waals surface area contributed by atoms with Gasteiger partial charge < -0.3 is 14.9 Å². The van der Waals surface area contributed by atoms with Gasteiger partial charge in [0.1, 0.15) is 5.41 Å². The Bertz CT molecular complexity index is 346. The predicted molar refractivity (Wildman–Crippen MR) is 69.3 cm³/mol. The van der Waals surface area contributed by atoms with Gasteiger partial charge in [0.25, 0.3) is 0 Å². The van der Waals surface area contributed by atoms with Crippen molar-refractivity contribution in [3.05, 3.63) is 0 Å². The summed E-state index contributed by atoms with van der Waals surface area (Å²) in [5, 5.41) is 9.08. The van der Waals surface area contributed by atoms with E-state index >= 15 is 0 Å². The molecule has 104 valence electrons. The standard InChI is InChI=1S/C13H24N2O3/c1-12(2,11(17)18)10(16)15(5)9-13(14(3)4)7-6-8-13/h6-9H2,1-5H3,(H,17,18). The molecule has 0 unspecified atom stereocenters.